The van der Waals surface area contributed by atoms with Gasteiger partial charge in [-0.1, -0.05) is 60.3 Å². The molecule has 174 valence electrons. The van der Waals surface area contributed by atoms with Crippen LogP contribution in [0, 0.1) is 11.3 Å². The molecule has 1 atom stereocenters. The van der Waals surface area contributed by atoms with Crippen LogP contribution >= 0.6 is 11.8 Å². The van der Waals surface area contributed by atoms with E-state index in [9.17, 15) is 10.1 Å². The molecule has 0 radical (unpaired) electrons. The summed E-state index contributed by atoms with van der Waals surface area (Å²) < 4.78 is 12.9. The van der Waals surface area contributed by atoms with Crippen LogP contribution < -0.4 is 14.8 Å². The van der Waals surface area contributed by atoms with Gasteiger partial charge in [-0.25, -0.2) is 0 Å². The second kappa shape index (κ2) is 9.91. The Bertz CT molecular complexity index is 1410. The molecule has 1 aliphatic heterocycles. The summed E-state index contributed by atoms with van der Waals surface area (Å²) in [6.07, 6.45) is 0. The van der Waals surface area contributed by atoms with Crippen LogP contribution in [0.15, 0.2) is 78.0 Å². The Labute approximate surface area is 206 Å². The van der Waals surface area contributed by atoms with E-state index in [0.717, 1.165) is 16.9 Å². The number of carbonyl (C=O) groups is 1. The summed E-state index contributed by atoms with van der Waals surface area (Å²) >= 11 is 1.31. The van der Waals surface area contributed by atoms with Gasteiger partial charge in [-0.15, -0.1) is 10.2 Å². The molecular formula is C26H21N5O3S. The van der Waals surface area contributed by atoms with Crippen molar-refractivity contribution in [3.63, 3.8) is 0 Å². The van der Waals surface area contributed by atoms with Crippen LogP contribution in [0.3, 0.4) is 0 Å². The van der Waals surface area contributed by atoms with Crippen LogP contribution in [0.4, 0.5) is 5.69 Å². The molecule has 3 aromatic carbocycles. The zero-order chi connectivity index (χ0) is 24.2. The smallest absolute Gasteiger partial charge is 0.237 e. The van der Waals surface area contributed by atoms with Gasteiger partial charge < -0.3 is 14.8 Å². The minimum absolute atomic E-state index is 0.212. The lowest BCUT2D eigenvalue weighted by atomic mass is 10.2. The molecule has 9 heteroatoms. The van der Waals surface area contributed by atoms with E-state index in [1.54, 1.807) is 31.2 Å². The van der Waals surface area contributed by atoms with Gasteiger partial charge in [0.1, 0.15) is 6.07 Å². The van der Waals surface area contributed by atoms with Crippen molar-refractivity contribution in [1.82, 2.24) is 14.8 Å². The van der Waals surface area contributed by atoms with Gasteiger partial charge in [-0.05, 0) is 36.8 Å². The first-order valence-corrected chi connectivity index (χ1v) is 11.8. The quantitative estimate of drug-likeness (QED) is 0.380. The molecule has 0 unspecified atom stereocenters. The number of nitrogens with zero attached hydrogens (tertiary/aromatic N) is 4. The lowest BCUT2D eigenvalue weighted by Crippen LogP contribution is -2.23. The Balaban J connectivity index is 1.42. The predicted molar refractivity (Wildman–Crippen MR) is 132 cm³/mol. The Morgan fingerprint density at radius 1 is 1.09 bits per heavy atom. The van der Waals surface area contributed by atoms with Gasteiger partial charge in [0, 0.05) is 5.56 Å². The second-order valence-corrected chi connectivity index (χ2v) is 9.16. The highest BCUT2D eigenvalue weighted by Gasteiger charge is 2.22. The molecule has 35 heavy (non-hydrogen) atoms. The van der Waals surface area contributed by atoms with Crippen LogP contribution in [0.5, 0.6) is 11.5 Å². The number of fused-ring (bicyclic) bond motifs is 1. The summed E-state index contributed by atoms with van der Waals surface area (Å²) in [6.45, 7) is 2.50. The molecule has 5 rings (SSSR count). The van der Waals surface area contributed by atoms with Crippen molar-refractivity contribution in [3.05, 3.63) is 83.9 Å². The first-order valence-electron chi connectivity index (χ1n) is 11.0. The Morgan fingerprint density at radius 2 is 1.86 bits per heavy atom. The highest BCUT2D eigenvalue weighted by Crippen LogP contribution is 2.34. The molecule has 0 saturated heterocycles. The van der Waals surface area contributed by atoms with E-state index in [1.165, 1.54) is 11.8 Å². The van der Waals surface area contributed by atoms with E-state index in [-0.39, 0.29) is 12.7 Å². The number of aromatic nitrogens is 3. The van der Waals surface area contributed by atoms with Gasteiger partial charge in [-0.3, -0.25) is 9.36 Å². The maximum atomic E-state index is 12.9. The third kappa shape index (κ3) is 4.83. The molecule has 0 bridgehead atoms. The fourth-order valence-electron chi connectivity index (χ4n) is 3.68. The number of carbonyl (C=O) groups excluding carboxylic acids is 1. The van der Waals surface area contributed by atoms with E-state index in [1.807, 2.05) is 53.1 Å². The maximum Gasteiger partial charge on any atom is 0.237 e. The van der Waals surface area contributed by atoms with Gasteiger partial charge in [-0.2, -0.15) is 5.26 Å². The number of nitrogens with one attached hydrogen (secondary N) is 1. The molecule has 0 fully saturated rings. The van der Waals surface area contributed by atoms with Crippen molar-refractivity contribution >= 4 is 23.4 Å². The summed E-state index contributed by atoms with van der Waals surface area (Å²) in [4.78, 5) is 12.9. The van der Waals surface area contributed by atoms with Crippen molar-refractivity contribution in [1.29, 1.82) is 5.26 Å². The molecule has 4 aromatic rings. The van der Waals surface area contributed by atoms with Crippen LogP contribution in [0.2, 0.25) is 0 Å². The highest BCUT2D eigenvalue weighted by atomic mass is 32.2. The van der Waals surface area contributed by atoms with E-state index < -0.39 is 5.25 Å². The van der Waals surface area contributed by atoms with Crippen molar-refractivity contribution < 1.29 is 14.3 Å². The highest BCUT2D eigenvalue weighted by molar-refractivity contribution is 8.00. The molecule has 2 heterocycles. The summed E-state index contributed by atoms with van der Waals surface area (Å²) in [5.74, 6) is 1.90. The number of hydrogen-bond donors (Lipinski definition) is 1. The molecule has 0 aliphatic carbocycles. The van der Waals surface area contributed by atoms with Crippen LogP contribution in [0.25, 0.3) is 11.4 Å². The first-order chi connectivity index (χ1) is 17.1. The fraction of sp³-hybridized carbons (Fsp3) is 0.154. The molecule has 1 amide bonds. The second-order valence-electron chi connectivity index (χ2n) is 7.85. The number of amides is 1. The van der Waals surface area contributed by atoms with E-state index in [2.05, 4.69) is 21.6 Å². The third-order valence-corrected chi connectivity index (χ3v) is 6.56. The molecular weight excluding hydrogens is 462 g/mol. The van der Waals surface area contributed by atoms with Gasteiger partial charge >= 0.3 is 0 Å². The Morgan fingerprint density at radius 3 is 2.69 bits per heavy atom. The Hall–Kier alpha value is -4.29. The van der Waals surface area contributed by atoms with Crippen LogP contribution in [-0.2, 0) is 11.3 Å². The molecule has 1 N–H and O–H groups in total. The zero-order valence-electron chi connectivity index (χ0n) is 18.8. The third-order valence-electron chi connectivity index (χ3n) is 5.48. The SMILES string of the molecule is C[C@H](Sc1nnc(-c2ccccc2)n1Cc1ccc2c(c1)OCO2)C(=O)Nc1ccccc1C#N. The Kier molecular flexibility index (Phi) is 6.37. The number of ether oxygens (including phenoxy) is 2. The van der Waals surface area contributed by atoms with Gasteiger partial charge in [0.05, 0.1) is 23.0 Å². The number of thioether (sulfide) groups is 1. The number of benzene rings is 3. The summed E-state index contributed by atoms with van der Waals surface area (Å²) in [6, 6.07) is 24.6. The summed E-state index contributed by atoms with van der Waals surface area (Å²) in [5, 5.41) is 21.1. The average Bonchev–Trinajstić information content (AvgIpc) is 3.51. The lowest BCUT2D eigenvalue weighted by Gasteiger charge is -2.15. The summed E-state index contributed by atoms with van der Waals surface area (Å²) in [7, 11) is 0. The van der Waals surface area contributed by atoms with Gasteiger partial charge in [0.15, 0.2) is 22.5 Å². The van der Waals surface area contributed by atoms with Crippen LogP contribution in [0.1, 0.15) is 18.1 Å². The fourth-order valence-corrected chi connectivity index (χ4v) is 4.53. The number of nitriles is 1. The van der Waals surface area contributed by atoms with E-state index in [0.29, 0.717) is 34.5 Å². The molecule has 1 aliphatic rings. The number of rotatable bonds is 7. The largest absolute Gasteiger partial charge is 0.454 e. The first kappa shape index (κ1) is 22.5. The number of para-hydroxylation sites is 1. The van der Waals surface area contributed by atoms with Crippen molar-refractivity contribution in [2.24, 2.45) is 0 Å². The summed E-state index contributed by atoms with van der Waals surface area (Å²) in [5.41, 5.74) is 2.82. The minimum atomic E-state index is -0.481. The normalized spacial score (nSPS) is 12.7. The molecule has 8 nitrogen and oxygen atoms in total. The minimum Gasteiger partial charge on any atom is -0.454 e. The molecule has 0 saturated carbocycles. The zero-order valence-corrected chi connectivity index (χ0v) is 19.7. The average molecular weight is 484 g/mol. The number of hydrogen-bond acceptors (Lipinski definition) is 7. The molecule has 0 spiro atoms. The van der Waals surface area contributed by atoms with Crippen molar-refractivity contribution in [2.75, 3.05) is 12.1 Å². The van der Waals surface area contributed by atoms with Crippen molar-refractivity contribution in [2.45, 2.75) is 23.9 Å². The monoisotopic (exact) mass is 483 g/mol. The standard InChI is InChI=1S/C26H21N5O3S/c1-17(25(32)28-21-10-6-5-9-20(21)14-27)35-26-30-29-24(19-7-3-2-4-8-19)31(26)15-18-11-12-22-23(13-18)34-16-33-22/h2-13,17H,15-16H2,1H3,(H,28,32)/t17-/m0/s1. The van der Waals surface area contributed by atoms with Crippen molar-refractivity contribution in [3.8, 4) is 29.0 Å². The number of anilines is 1. The van der Waals surface area contributed by atoms with Gasteiger partial charge in [0.2, 0.25) is 12.7 Å². The maximum absolute atomic E-state index is 12.9. The molecule has 1 aromatic heterocycles. The van der Waals surface area contributed by atoms with Crippen LogP contribution in [-0.4, -0.2) is 32.7 Å². The van der Waals surface area contributed by atoms with E-state index in [4.69, 9.17) is 9.47 Å². The van der Waals surface area contributed by atoms with Gasteiger partial charge in [0.25, 0.3) is 0 Å². The van der Waals surface area contributed by atoms with E-state index >= 15 is 0 Å². The predicted octanol–water partition coefficient (Wildman–Crippen LogP) is 4.71. The lowest BCUT2D eigenvalue weighted by molar-refractivity contribution is -0.115. The topological polar surface area (TPSA) is 102 Å².